The van der Waals surface area contributed by atoms with Crippen LogP contribution in [-0.2, 0) is 4.74 Å². The molecule has 1 fully saturated rings. The van der Waals surface area contributed by atoms with Gasteiger partial charge in [0.05, 0.1) is 12.2 Å². The third-order valence-corrected chi connectivity index (χ3v) is 4.39. The lowest BCUT2D eigenvalue weighted by atomic mass is 10.2. The number of hydrogen-bond donors (Lipinski definition) is 1. The number of carbonyl (C=O) groups excluding carboxylic acids is 2. The minimum atomic E-state index is -0.385. The molecule has 1 heterocycles. The van der Waals surface area contributed by atoms with E-state index in [1.54, 1.807) is 42.2 Å². The summed E-state index contributed by atoms with van der Waals surface area (Å²) in [4.78, 5) is 27.9. The highest BCUT2D eigenvalue weighted by molar-refractivity contribution is 5.92. The van der Waals surface area contributed by atoms with E-state index in [0.717, 1.165) is 5.69 Å². The van der Waals surface area contributed by atoms with E-state index < -0.39 is 0 Å². The summed E-state index contributed by atoms with van der Waals surface area (Å²) in [5.41, 5.74) is 1.88. The van der Waals surface area contributed by atoms with Crippen molar-refractivity contribution in [3.05, 3.63) is 59.9 Å². The number of hydrogen-bond acceptors (Lipinski definition) is 4. The Morgan fingerprint density at radius 3 is 2.41 bits per heavy atom. The number of nitrogens with one attached hydrogen (secondary N) is 1. The first-order chi connectivity index (χ1) is 13.1. The fraction of sp³-hybridized carbons (Fsp3) is 0.300. The van der Waals surface area contributed by atoms with Crippen molar-refractivity contribution in [2.24, 2.45) is 0 Å². The SMILES string of the molecule is CCOC(=O)c1ccc(NC(=O)N2CCN(c3cccc(F)c3)CC2)cc1. The van der Waals surface area contributed by atoms with Crippen molar-refractivity contribution in [1.82, 2.24) is 4.90 Å². The monoisotopic (exact) mass is 371 g/mol. The van der Waals surface area contributed by atoms with Gasteiger partial charge in [-0.05, 0) is 49.4 Å². The first-order valence-electron chi connectivity index (χ1n) is 8.90. The first-order valence-corrected chi connectivity index (χ1v) is 8.90. The molecule has 0 atom stereocenters. The molecule has 2 amide bonds. The van der Waals surface area contributed by atoms with Gasteiger partial charge >= 0.3 is 12.0 Å². The zero-order valence-electron chi connectivity index (χ0n) is 15.2. The Hall–Kier alpha value is -3.09. The molecule has 142 valence electrons. The minimum Gasteiger partial charge on any atom is -0.462 e. The molecule has 2 aromatic rings. The van der Waals surface area contributed by atoms with Gasteiger partial charge in [0.15, 0.2) is 0 Å². The van der Waals surface area contributed by atoms with Crippen molar-refractivity contribution < 1.29 is 18.7 Å². The lowest BCUT2D eigenvalue weighted by Crippen LogP contribution is -2.50. The standard InChI is InChI=1S/C20H22FN3O3/c1-2-27-19(25)15-6-8-17(9-7-15)22-20(26)24-12-10-23(11-13-24)18-5-3-4-16(21)14-18/h3-9,14H,2,10-13H2,1H3,(H,22,26). The highest BCUT2D eigenvalue weighted by Gasteiger charge is 2.21. The molecule has 6 nitrogen and oxygen atoms in total. The van der Waals surface area contributed by atoms with E-state index in [4.69, 9.17) is 4.74 Å². The van der Waals surface area contributed by atoms with Crippen LogP contribution in [0, 0.1) is 5.82 Å². The number of carbonyl (C=O) groups is 2. The topological polar surface area (TPSA) is 61.9 Å². The van der Waals surface area contributed by atoms with E-state index >= 15 is 0 Å². The Labute approximate surface area is 157 Å². The quantitative estimate of drug-likeness (QED) is 0.838. The molecule has 0 aromatic heterocycles. The second kappa shape index (κ2) is 8.53. The summed E-state index contributed by atoms with van der Waals surface area (Å²) in [7, 11) is 0. The van der Waals surface area contributed by atoms with Crippen molar-refractivity contribution in [1.29, 1.82) is 0 Å². The van der Waals surface area contributed by atoms with Gasteiger partial charge in [-0.2, -0.15) is 0 Å². The summed E-state index contributed by atoms with van der Waals surface area (Å²) in [6.45, 7) is 4.43. The largest absolute Gasteiger partial charge is 0.462 e. The fourth-order valence-electron chi connectivity index (χ4n) is 2.95. The van der Waals surface area contributed by atoms with Crippen LogP contribution in [0.2, 0.25) is 0 Å². The van der Waals surface area contributed by atoms with Gasteiger partial charge < -0.3 is 19.9 Å². The molecule has 2 aromatic carbocycles. The normalized spacial score (nSPS) is 14.0. The summed E-state index contributed by atoms with van der Waals surface area (Å²) in [5.74, 6) is -0.650. The van der Waals surface area contributed by atoms with Crippen LogP contribution in [0.3, 0.4) is 0 Å². The van der Waals surface area contributed by atoms with E-state index in [9.17, 15) is 14.0 Å². The van der Waals surface area contributed by atoms with Crippen LogP contribution in [0.15, 0.2) is 48.5 Å². The van der Waals surface area contributed by atoms with Gasteiger partial charge in [0.2, 0.25) is 0 Å². The summed E-state index contributed by atoms with van der Waals surface area (Å²) < 4.78 is 18.3. The number of esters is 1. The minimum absolute atomic E-state index is 0.197. The Morgan fingerprint density at radius 1 is 1.07 bits per heavy atom. The summed E-state index contributed by atoms with van der Waals surface area (Å²) in [5, 5.41) is 2.83. The maximum atomic E-state index is 13.4. The third-order valence-electron chi connectivity index (χ3n) is 4.39. The van der Waals surface area contributed by atoms with Gasteiger partial charge in [-0.25, -0.2) is 14.0 Å². The van der Waals surface area contributed by atoms with E-state index in [-0.39, 0.29) is 17.8 Å². The van der Waals surface area contributed by atoms with Gasteiger partial charge in [0.1, 0.15) is 5.82 Å². The second-order valence-corrected chi connectivity index (χ2v) is 6.18. The highest BCUT2D eigenvalue weighted by Crippen LogP contribution is 2.18. The average molecular weight is 371 g/mol. The van der Waals surface area contributed by atoms with Crippen LogP contribution >= 0.6 is 0 Å². The number of halogens is 1. The van der Waals surface area contributed by atoms with Crippen molar-refractivity contribution in [2.45, 2.75) is 6.92 Å². The van der Waals surface area contributed by atoms with Gasteiger partial charge in [-0.1, -0.05) is 6.07 Å². The predicted octanol–water partition coefficient (Wildman–Crippen LogP) is 3.36. The molecule has 0 radical (unpaired) electrons. The lowest BCUT2D eigenvalue weighted by molar-refractivity contribution is 0.0526. The molecular weight excluding hydrogens is 349 g/mol. The molecule has 0 aliphatic carbocycles. The molecule has 1 N–H and O–H groups in total. The highest BCUT2D eigenvalue weighted by atomic mass is 19.1. The van der Waals surface area contributed by atoms with Crippen LogP contribution in [0.4, 0.5) is 20.6 Å². The summed E-state index contributed by atoms with van der Waals surface area (Å²) in [6, 6.07) is 12.9. The lowest BCUT2D eigenvalue weighted by Gasteiger charge is -2.36. The van der Waals surface area contributed by atoms with Crippen molar-refractivity contribution in [3.8, 4) is 0 Å². The number of rotatable bonds is 4. The molecule has 1 saturated heterocycles. The van der Waals surface area contributed by atoms with E-state index in [1.165, 1.54) is 12.1 Å². The number of anilines is 2. The molecule has 1 aliphatic rings. The molecule has 0 spiro atoms. The average Bonchev–Trinajstić information content (AvgIpc) is 2.69. The van der Waals surface area contributed by atoms with Crippen molar-refractivity contribution in [2.75, 3.05) is 43.0 Å². The Kier molecular flexibility index (Phi) is 5.90. The zero-order valence-corrected chi connectivity index (χ0v) is 15.2. The van der Waals surface area contributed by atoms with E-state index in [2.05, 4.69) is 10.2 Å². The van der Waals surface area contributed by atoms with Crippen LogP contribution in [0.25, 0.3) is 0 Å². The molecule has 0 saturated carbocycles. The van der Waals surface area contributed by atoms with E-state index in [0.29, 0.717) is 44.0 Å². The van der Waals surface area contributed by atoms with Crippen LogP contribution in [-0.4, -0.2) is 49.7 Å². The van der Waals surface area contributed by atoms with E-state index in [1.807, 2.05) is 6.07 Å². The Balaban J connectivity index is 1.53. The van der Waals surface area contributed by atoms with Crippen LogP contribution < -0.4 is 10.2 Å². The van der Waals surface area contributed by atoms with Gasteiger partial charge in [0, 0.05) is 37.6 Å². The molecule has 27 heavy (non-hydrogen) atoms. The summed E-state index contributed by atoms with van der Waals surface area (Å²) in [6.07, 6.45) is 0. The fourth-order valence-corrected chi connectivity index (χ4v) is 2.95. The molecule has 7 heteroatoms. The van der Waals surface area contributed by atoms with Crippen molar-refractivity contribution in [3.63, 3.8) is 0 Å². The Bertz CT molecular complexity index is 802. The van der Waals surface area contributed by atoms with Crippen LogP contribution in [0.1, 0.15) is 17.3 Å². The Morgan fingerprint density at radius 2 is 1.78 bits per heavy atom. The number of amides is 2. The smallest absolute Gasteiger partial charge is 0.338 e. The number of nitrogens with zero attached hydrogens (tertiary/aromatic N) is 2. The van der Waals surface area contributed by atoms with Gasteiger partial charge in [-0.15, -0.1) is 0 Å². The number of piperazine rings is 1. The first kappa shape index (κ1) is 18.7. The van der Waals surface area contributed by atoms with Crippen molar-refractivity contribution >= 4 is 23.4 Å². The third kappa shape index (κ3) is 4.75. The van der Waals surface area contributed by atoms with Gasteiger partial charge in [0.25, 0.3) is 0 Å². The molecule has 0 unspecified atom stereocenters. The maximum Gasteiger partial charge on any atom is 0.338 e. The van der Waals surface area contributed by atoms with Gasteiger partial charge in [-0.3, -0.25) is 0 Å². The molecule has 3 rings (SSSR count). The summed E-state index contributed by atoms with van der Waals surface area (Å²) >= 11 is 0. The number of urea groups is 1. The molecule has 1 aliphatic heterocycles. The zero-order chi connectivity index (χ0) is 19.2. The maximum absolute atomic E-state index is 13.4. The second-order valence-electron chi connectivity index (χ2n) is 6.18. The number of ether oxygens (including phenoxy) is 1. The van der Waals surface area contributed by atoms with Crippen LogP contribution in [0.5, 0.6) is 0 Å². The molecular formula is C20H22FN3O3. The number of benzene rings is 2. The predicted molar refractivity (Wildman–Crippen MR) is 102 cm³/mol. The molecule has 0 bridgehead atoms.